The second-order valence-electron chi connectivity index (χ2n) is 7.18. The molecule has 0 aliphatic rings. The first kappa shape index (κ1) is 22.3. The molecule has 6 nitrogen and oxygen atoms in total. The summed E-state index contributed by atoms with van der Waals surface area (Å²) in [6.45, 7) is 10.8. The van der Waals surface area contributed by atoms with Crippen LogP contribution in [0.25, 0.3) is 0 Å². The van der Waals surface area contributed by atoms with Crippen molar-refractivity contribution in [2.24, 2.45) is 4.99 Å². The zero-order chi connectivity index (χ0) is 19.8. The number of hydrogen-bond acceptors (Lipinski definition) is 4. The number of ether oxygens (including phenoxy) is 1. The van der Waals surface area contributed by atoms with Crippen LogP contribution in [0, 0.1) is 6.92 Å². The summed E-state index contributed by atoms with van der Waals surface area (Å²) < 4.78 is 29.0. The second kappa shape index (κ2) is 9.80. The van der Waals surface area contributed by atoms with Gasteiger partial charge in [-0.2, -0.15) is 0 Å². The maximum absolute atomic E-state index is 12.2. The Hall–Kier alpha value is -1.76. The van der Waals surface area contributed by atoms with Crippen LogP contribution in [0.1, 0.15) is 38.8 Å². The summed E-state index contributed by atoms with van der Waals surface area (Å²) in [4.78, 5) is 4.39. The lowest BCUT2D eigenvalue weighted by atomic mass is 10.1. The van der Waals surface area contributed by atoms with Crippen LogP contribution in [-0.2, 0) is 16.3 Å². The van der Waals surface area contributed by atoms with E-state index in [1.54, 1.807) is 27.9 Å². The number of aryl methyl sites for hydroxylation is 1. The predicted molar refractivity (Wildman–Crippen MR) is 109 cm³/mol. The molecule has 0 saturated carbocycles. The summed E-state index contributed by atoms with van der Waals surface area (Å²) in [5, 5.41) is 6.40. The van der Waals surface area contributed by atoms with E-state index in [4.69, 9.17) is 4.74 Å². The van der Waals surface area contributed by atoms with Crippen LogP contribution in [0.2, 0.25) is 0 Å². The van der Waals surface area contributed by atoms with E-state index in [9.17, 15) is 8.42 Å². The van der Waals surface area contributed by atoms with Gasteiger partial charge in [-0.1, -0.05) is 17.7 Å². The molecule has 0 fully saturated rings. The van der Waals surface area contributed by atoms with Crippen molar-refractivity contribution in [3.63, 3.8) is 0 Å². The first-order valence-electron chi connectivity index (χ1n) is 8.98. The molecule has 0 spiro atoms. The zero-order valence-electron chi connectivity index (χ0n) is 16.8. The van der Waals surface area contributed by atoms with Crippen LogP contribution in [0.5, 0.6) is 5.75 Å². The van der Waals surface area contributed by atoms with Gasteiger partial charge in [0.2, 0.25) is 0 Å². The number of methoxy groups -OCH3 is 1. The Kier molecular flexibility index (Phi) is 8.40. The van der Waals surface area contributed by atoms with E-state index in [1.807, 2.05) is 19.1 Å². The summed E-state index contributed by atoms with van der Waals surface area (Å²) >= 11 is 0. The van der Waals surface area contributed by atoms with Gasteiger partial charge in [0, 0.05) is 13.1 Å². The van der Waals surface area contributed by atoms with Gasteiger partial charge in [0.25, 0.3) is 0 Å². The molecular weight excluding hydrogens is 350 g/mol. The molecule has 0 radical (unpaired) electrons. The minimum atomic E-state index is -3.16. The molecule has 0 bridgehead atoms. The Morgan fingerprint density at radius 1 is 1.23 bits per heavy atom. The Labute approximate surface area is 158 Å². The highest BCUT2D eigenvalue weighted by Gasteiger charge is 2.28. The first-order chi connectivity index (χ1) is 12.1. The van der Waals surface area contributed by atoms with Gasteiger partial charge in [0.1, 0.15) is 5.75 Å². The van der Waals surface area contributed by atoms with Gasteiger partial charge in [-0.3, -0.25) is 4.99 Å². The number of rotatable bonds is 8. The minimum absolute atomic E-state index is 0.0405. The molecule has 0 heterocycles. The lowest BCUT2D eigenvalue weighted by Crippen LogP contribution is -2.39. The quantitative estimate of drug-likeness (QED) is 0.532. The van der Waals surface area contributed by atoms with Crippen LogP contribution in [0.3, 0.4) is 0 Å². The lowest BCUT2D eigenvalue weighted by Gasteiger charge is -2.18. The molecule has 7 heteroatoms. The van der Waals surface area contributed by atoms with Crippen molar-refractivity contribution < 1.29 is 13.2 Å². The second-order valence-corrected chi connectivity index (χ2v) is 10.0. The molecule has 26 heavy (non-hydrogen) atoms. The SMILES string of the molecule is CCNC(=NCCS(=O)(=O)C(C)(C)C)NCCc1cc(C)ccc1OC. The van der Waals surface area contributed by atoms with Gasteiger partial charge in [0.05, 0.1) is 24.2 Å². The van der Waals surface area contributed by atoms with Crippen LogP contribution in [0.15, 0.2) is 23.2 Å². The minimum Gasteiger partial charge on any atom is -0.496 e. The van der Waals surface area contributed by atoms with E-state index in [2.05, 4.69) is 28.6 Å². The third-order valence-corrected chi connectivity index (χ3v) is 6.62. The molecule has 2 N–H and O–H groups in total. The normalized spacial score (nSPS) is 12.8. The molecule has 0 amide bonds. The number of nitrogens with one attached hydrogen (secondary N) is 2. The van der Waals surface area contributed by atoms with Crippen molar-refractivity contribution in [2.75, 3.05) is 32.5 Å². The summed E-state index contributed by atoms with van der Waals surface area (Å²) in [5.74, 6) is 1.54. The van der Waals surface area contributed by atoms with Crippen LogP contribution in [-0.4, -0.2) is 51.6 Å². The molecule has 0 aliphatic carbocycles. The summed E-state index contributed by atoms with van der Waals surface area (Å²) in [6.07, 6.45) is 0.787. The molecule has 0 aromatic heterocycles. The molecule has 1 rings (SSSR count). The summed E-state index contributed by atoms with van der Waals surface area (Å²) in [7, 11) is -1.50. The zero-order valence-corrected chi connectivity index (χ0v) is 17.7. The highest BCUT2D eigenvalue weighted by molar-refractivity contribution is 7.92. The fraction of sp³-hybridized carbons (Fsp3) is 0.632. The Bertz CT molecular complexity index is 707. The van der Waals surface area contributed by atoms with Crippen molar-refractivity contribution in [1.29, 1.82) is 0 Å². The fourth-order valence-electron chi connectivity index (χ4n) is 2.34. The van der Waals surface area contributed by atoms with Crippen LogP contribution >= 0.6 is 0 Å². The predicted octanol–water partition coefficient (Wildman–Crippen LogP) is 2.31. The number of hydrogen-bond donors (Lipinski definition) is 2. The smallest absolute Gasteiger partial charge is 0.191 e. The Morgan fingerprint density at radius 3 is 2.50 bits per heavy atom. The van der Waals surface area contributed by atoms with Crippen LogP contribution in [0.4, 0.5) is 0 Å². The van der Waals surface area contributed by atoms with Crippen molar-refractivity contribution in [1.82, 2.24) is 10.6 Å². The van der Waals surface area contributed by atoms with Gasteiger partial charge in [-0.05, 0) is 52.7 Å². The molecule has 0 atom stereocenters. The molecule has 0 aliphatic heterocycles. The van der Waals surface area contributed by atoms with Crippen molar-refractivity contribution in [3.05, 3.63) is 29.3 Å². The van der Waals surface area contributed by atoms with Crippen LogP contribution < -0.4 is 15.4 Å². The van der Waals surface area contributed by atoms with Gasteiger partial charge in [0.15, 0.2) is 15.8 Å². The maximum Gasteiger partial charge on any atom is 0.191 e. The molecule has 0 saturated heterocycles. The van der Waals surface area contributed by atoms with Crippen molar-refractivity contribution >= 4 is 15.8 Å². The van der Waals surface area contributed by atoms with Gasteiger partial charge in [-0.15, -0.1) is 0 Å². The third kappa shape index (κ3) is 6.86. The molecule has 1 aromatic rings. The highest BCUT2D eigenvalue weighted by Crippen LogP contribution is 2.19. The average Bonchev–Trinajstić information content (AvgIpc) is 2.54. The Morgan fingerprint density at radius 2 is 1.92 bits per heavy atom. The van der Waals surface area contributed by atoms with Crippen molar-refractivity contribution in [2.45, 2.75) is 45.8 Å². The van der Waals surface area contributed by atoms with E-state index in [-0.39, 0.29) is 12.3 Å². The largest absolute Gasteiger partial charge is 0.496 e. The number of guanidine groups is 1. The molecule has 1 aromatic carbocycles. The highest BCUT2D eigenvalue weighted by atomic mass is 32.2. The number of benzene rings is 1. The van der Waals surface area contributed by atoms with E-state index < -0.39 is 14.6 Å². The monoisotopic (exact) mass is 383 g/mol. The summed E-state index contributed by atoms with van der Waals surface area (Å²) in [6, 6.07) is 6.11. The molecular formula is C19H33N3O3S. The average molecular weight is 384 g/mol. The third-order valence-electron chi connectivity index (χ3n) is 4.03. The standard InChI is InChI=1S/C19H33N3O3S/c1-7-20-18(22-12-13-26(23,24)19(3,4)5)21-11-10-16-14-15(2)8-9-17(16)25-6/h8-9,14H,7,10-13H2,1-6H3,(H2,20,21,22). The molecule has 0 unspecified atom stereocenters. The topological polar surface area (TPSA) is 79.8 Å². The Balaban J connectivity index is 2.65. The first-order valence-corrected chi connectivity index (χ1v) is 10.6. The van der Waals surface area contributed by atoms with E-state index >= 15 is 0 Å². The van der Waals surface area contributed by atoms with Gasteiger partial charge >= 0.3 is 0 Å². The number of nitrogens with zero attached hydrogens (tertiary/aromatic N) is 1. The lowest BCUT2D eigenvalue weighted by molar-refractivity contribution is 0.409. The van der Waals surface area contributed by atoms with Gasteiger partial charge in [-0.25, -0.2) is 8.42 Å². The number of sulfone groups is 1. The van der Waals surface area contributed by atoms with E-state index in [0.717, 1.165) is 17.7 Å². The molecule has 148 valence electrons. The van der Waals surface area contributed by atoms with Crippen molar-refractivity contribution in [3.8, 4) is 5.75 Å². The van der Waals surface area contributed by atoms with E-state index in [1.165, 1.54) is 5.56 Å². The van der Waals surface area contributed by atoms with Gasteiger partial charge < -0.3 is 15.4 Å². The fourth-order valence-corrected chi connectivity index (χ4v) is 3.29. The maximum atomic E-state index is 12.2. The summed E-state index contributed by atoms with van der Waals surface area (Å²) in [5.41, 5.74) is 2.32. The van der Waals surface area contributed by atoms with E-state index in [0.29, 0.717) is 19.0 Å². The number of aliphatic imine (C=N–C) groups is 1.